The summed E-state index contributed by atoms with van der Waals surface area (Å²) in [7, 11) is 0. The standard InChI is InChI=1S/C27H21N/c1-2-9-20(10-3-1)16-17-21-11-4-5-12-22(21)26-19-27-25(15-8-18-28-27)23-13-6-7-14-24(23)26/h1-15,18-19H,16-17H2. The van der Waals surface area contributed by atoms with E-state index in [2.05, 4.69) is 96.0 Å². The molecule has 0 bridgehead atoms. The van der Waals surface area contributed by atoms with Gasteiger partial charge in [0.25, 0.3) is 0 Å². The van der Waals surface area contributed by atoms with Crippen LogP contribution in [0, 0.1) is 0 Å². The number of pyridine rings is 1. The summed E-state index contributed by atoms with van der Waals surface area (Å²) < 4.78 is 0. The second-order valence-electron chi connectivity index (χ2n) is 7.18. The van der Waals surface area contributed by atoms with Gasteiger partial charge in [-0.3, -0.25) is 4.98 Å². The Bertz CT molecular complexity index is 1260. The minimum absolute atomic E-state index is 1.02. The van der Waals surface area contributed by atoms with Crippen molar-refractivity contribution < 1.29 is 0 Å². The first kappa shape index (κ1) is 16.7. The summed E-state index contributed by atoms with van der Waals surface area (Å²) in [5, 5.41) is 3.76. The molecule has 5 aromatic rings. The number of hydrogen-bond donors (Lipinski definition) is 0. The number of fused-ring (bicyclic) bond motifs is 3. The summed E-state index contributed by atoms with van der Waals surface area (Å²) >= 11 is 0. The molecule has 0 fully saturated rings. The third kappa shape index (κ3) is 3.05. The fourth-order valence-electron chi connectivity index (χ4n) is 4.08. The van der Waals surface area contributed by atoms with Gasteiger partial charge in [0, 0.05) is 11.6 Å². The van der Waals surface area contributed by atoms with Crippen molar-refractivity contribution in [3.8, 4) is 11.1 Å². The third-order valence-electron chi connectivity index (χ3n) is 5.46. The Morgan fingerprint density at radius 1 is 0.536 bits per heavy atom. The molecular formula is C27H21N. The van der Waals surface area contributed by atoms with Crippen molar-refractivity contribution in [2.24, 2.45) is 0 Å². The quantitative estimate of drug-likeness (QED) is 0.320. The number of aryl methyl sites for hydroxylation is 2. The Balaban J connectivity index is 1.66. The summed E-state index contributed by atoms with van der Waals surface area (Å²) in [6, 6.07) is 34.6. The minimum atomic E-state index is 1.02. The van der Waals surface area contributed by atoms with Crippen LogP contribution < -0.4 is 0 Å². The zero-order valence-electron chi connectivity index (χ0n) is 15.7. The average molecular weight is 359 g/mol. The number of benzene rings is 4. The molecule has 4 aromatic carbocycles. The molecule has 0 aliphatic rings. The van der Waals surface area contributed by atoms with Crippen LogP contribution in [-0.4, -0.2) is 4.98 Å². The van der Waals surface area contributed by atoms with Crippen LogP contribution in [0.4, 0.5) is 0 Å². The van der Waals surface area contributed by atoms with E-state index in [-0.39, 0.29) is 0 Å². The maximum atomic E-state index is 4.64. The SMILES string of the molecule is c1ccc(CCc2ccccc2-c2cc3ncccc3c3ccccc23)cc1. The highest BCUT2D eigenvalue weighted by Gasteiger charge is 2.12. The van der Waals surface area contributed by atoms with E-state index < -0.39 is 0 Å². The summed E-state index contributed by atoms with van der Waals surface area (Å²) in [6.07, 6.45) is 3.94. The van der Waals surface area contributed by atoms with Crippen LogP contribution in [-0.2, 0) is 12.8 Å². The van der Waals surface area contributed by atoms with Crippen molar-refractivity contribution in [2.45, 2.75) is 12.8 Å². The van der Waals surface area contributed by atoms with Crippen LogP contribution in [0.1, 0.15) is 11.1 Å². The van der Waals surface area contributed by atoms with E-state index >= 15 is 0 Å². The van der Waals surface area contributed by atoms with Crippen molar-refractivity contribution in [1.82, 2.24) is 4.98 Å². The normalized spacial score (nSPS) is 11.1. The van der Waals surface area contributed by atoms with Gasteiger partial charge in [0.05, 0.1) is 5.52 Å². The van der Waals surface area contributed by atoms with Crippen LogP contribution >= 0.6 is 0 Å². The zero-order chi connectivity index (χ0) is 18.8. The van der Waals surface area contributed by atoms with Crippen molar-refractivity contribution >= 4 is 21.7 Å². The van der Waals surface area contributed by atoms with E-state index in [4.69, 9.17) is 0 Å². The molecule has 0 spiro atoms. The molecule has 28 heavy (non-hydrogen) atoms. The Hall–Kier alpha value is -3.45. The molecule has 0 unspecified atom stereocenters. The predicted molar refractivity (Wildman–Crippen MR) is 119 cm³/mol. The Labute approximate surface area is 165 Å². The fourth-order valence-corrected chi connectivity index (χ4v) is 4.08. The van der Waals surface area contributed by atoms with E-state index in [1.54, 1.807) is 0 Å². The molecule has 0 saturated carbocycles. The second kappa shape index (κ2) is 7.28. The van der Waals surface area contributed by atoms with Crippen LogP contribution in [0.3, 0.4) is 0 Å². The number of rotatable bonds is 4. The summed E-state index contributed by atoms with van der Waals surface area (Å²) in [4.78, 5) is 4.64. The molecule has 0 atom stereocenters. The molecular weight excluding hydrogens is 338 g/mol. The minimum Gasteiger partial charge on any atom is -0.256 e. The van der Waals surface area contributed by atoms with Crippen molar-refractivity contribution in [3.63, 3.8) is 0 Å². The van der Waals surface area contributed by atoms with Crippen LogP contribution in [0.5, 0.6) is 0 Å². The van der Waals surface area contributed by atoms with Crippen molar-refractivity contribution in [3.05, 3.63) is 114 Å². The molecule has 1 aromatic heterocycles. The molecule has 5 rings (SSSR count). The first-order valence-electron chi connectivity index (χ1n) is 9.79. The Kier molecular flexibility index (Phi) is 4.34. The van der Waals surface area contributed by atoms with Crippen molar-refractivity contribution in [2.75, 3.05) is 0 Å². The van der Waals surface area contributed by atoms with Gasteiger partial charge in [0.1, 0.15) is 0 Å². The largest absolute Gasteiger partial charge is 0.256 e. The smallest absolute Gasteiger partial charge is 0.0714 e. The van der Waals surface area contributed by atoms with Crippen molar-refractivity contribution in [1.29, 1.82) is 0 Å². The van der Waals surface area contributed by atoms with Gasteiger partial charge in [-0.1, -0.05) is 84.9 Å². The predicted octanol–water partition coefficient (Wildman–Crippen LogP) is 6.84. The van der Waals surface area contributed by atoms with Gasteiger partial charge in [-0.05, 0) is 58.0 Å². The summed E-state index contributed by atoms with van der Waals surface area (Å²) in [5.41, 5.74) is 6.39. The highest BCUT2D eigenvalue weighted by atomic mass is 14.6. The van der Waals surface area contributed by atoms with E-state index in [9.17, 15) is 0 Å². The maximum Gasteiger partial charge on any atom is 0.0714 e. The van der Waals surface area contributed by atoms with Gasteiger partial charge < -0.3 is 0 Å². The van der Waals surface area contributed by atoms with E-state index in [1.807, 2.05) is 12.3 Å². The molecule has 1 heterocycles. The van der Waals surface area contributed by atoms with E-state index in [1.165, 1.54) is 38.4 Å². The lowest BCUT2D eigenvalue weighted by atomic mass is 9.90. The highest BCUT2D eigenvalue weighted by Crippen LogP contribution is 2.35. The average Bonchev–Trinajstić information content (AvgIpc) is 2.78. The summed E-state index contributed by atoms with van der Waals surface area (Å²) in [6.45, 7) is 0. The molecule has 0 aliphatic heterocycles. The maximum absolute atomic E-state index is 4.64. The molecule has 0 radical (unpaired) electrons. The van der Waals surface area contributed by atoms with Crippen LogP contribution in [0.2, 0.25) is 0 Å². The number of aromatic nitrogens is 1. The van der Waals surface area contributed by atoms with Crippen LogP contribution in [0.15, 0.2) is 103 Å². The molecule has 134 valence electrons. The number of hydrogen-bond acceptors (Lipinski definition) is 1. The summed E-state index contributed by atoms with van der Waals surface area (Å²) in [5.74, 6) is 0. The lowest BCUT2D eigenvalue weighted by Gasteiger charge is -2.14. The van der Waals surface area contributed by atoms with Gasteiger partial charge in [-0.25, -0.2) is 0 Å². The Morgan fingerprint density at radius 2 is 1.25 bits per heavy atom. The fraction of sp³-hybridized carbons (Fsp3) is 0.0741. The first-order chi connectivity index (χ1) is 13.9. The molecule has 0 N–H and O–H groups in total. The zero-order valence-corrected chi connectivity index (χ0v) is 15.7. The lowest BCUT2D eigenvalue weighted by molar-refractivity contribution is 0.962. The topological polar surface area (TPSA) is 12.9 Å². The van der Waals surface area contributed by atoms with Gasteiger partial charge in [-0.15, -0.1) is 0 Å². The monoisotopic (exact) mass is 359 g/mol. The van der Waals surface area contributed by atoms with Gasteiger partial charge in [-0.2, -0.15) is 0 Å². The van der Waals surface area contributed by atoms with E-state index in [0.29, 0.717) is 0 Å². The molecule has 1 nitrogen and oxygen atoms in total. The number of nitrogens with zero attached hydrogens (tertiary/aromatic N) is 1. The van der Waals surface area contributed by atoms with Gasteiger partial charge in [0.2, 0.25) is 0 Å². The Morgan fingerprint density at radius 3 is 2.14 bits per heavy atom. The highest BCUT2D eigenvalue weighted by molar-refractivity contribution is 6.12. The van der Waals surface area contributed by atoms with Gasteiger partial charge >= 0.3 is 0 Å². The first-order valence-corrected chi connectivity index (χ1v) is 9.79. The second-order valence-corrected chi connectivity index (χ2v) is 7.18. The molecule has 0 aliphatic carbocycles. The van der Waals surface area contributed by atoms with Gasteiger partial charge in [0.15, 0.2) is 0 Å². The molecule has 1 heteroatoms. The molecule has 0 saturated heterocycles. The third-order valence-corrected chi connectivity index (χ3v) is 5.46. The lowest BCUT2D eigenvalue weighted by Crippen LogP contribution is -1.95. The molecule has 0 amide bonds. The van der Waals surface area contributed by atoms with E-state index in [0.717, 1.165) is 18.4 Å². The van der Waals surface area contributed by atoms with Crippen LogP contribution in [0.25, 0.3) is 32.8 Å².